The van der Waals surface area contributed by atoms with Crippen LogP contribution in [0.5, 0.6) is 0 Å². The van der Waals surface area contributed by atoms with Gasteiger partial charge in [0, 0.05) is 18.4 Å². The van der Waals surface area contributed by atoms with E-state index in [2.05, 4.69) is 16.4 Å². The number of benzene rings is 2. The van der Waals surface area contributed by atoms with Crippen molar-refractivity contribution >= 4 is 5.91 Å². The summed E-state index contributed by atoms with van der Waals surface area (Å²) in [5, 5.41) is 11.8. The number of hydrogen-bond donors (Lipinski definition) is 1. The highest BCUT2D eigenvalue weighted by Crippen LogP contribution is 2.21. The summed E-state index contributed by atoms with van der Waals surface area (Å²) in [5.74, 6) is 1.19. The van der Waals surface area contributed by atoms with E-state index in [-0.39, 0.29) is 11.9 Å². The molecule has 5 nitrogen and oxygen atoms in total. The van der Waals surface area contributed by atoms with Crippen LogP contribution in [0.25, 0.3) is 11.3 Å². The van der Waals surface area contributed by atoms with Crippen LogP contribution in [0.2, 0.25) is 0 Å². The maximum Gasteiger partial charge on any atom is 0.220 e. The molecule has 0 radical (unpaired) electrons. The molecule has 1 N–H and O–H groups in total. The van der Waals surface area contributed by atoms with Crippen molar-refractivity contribution in [2.75, 3.05) is 0 Å². The first-order chi connectivity index (χ1) is 13.0. The average Bonchev–Trinajstić information content (AvgIpc) is 3.16. The van der Waals surface area contributed by atoms with Crippen molar-refractivity contribution in [1.82, 2.24) is 10.3 Å². The Morgan fingerprint density at radius 3 is 2.56 bits per heavy atom. The second-order valence-corrected chi connectivity index (χ2v) is 6.51. The molecule has 2 aromatic carbocycles. The zero-order valence-electron chi connectivity index (χ0n) is 15.4. The number of carbonyl (C=O) groups excluding carboxylic acids is 1. The second-order valence-electron chi connectivity index (χ2n) is 6.51. The Morgan fingerprint density at radius 1 is 1.19 bits per heavy atom. The van der Waals surface area contributed by atoms with Gasteiger partial charge in [0.05, 0.1) is 23.9 Å². The first-order valence-corrected chi connectivity index (χ1v) is 8.86. The molecule has 0 aliphatic carbocycles. The second kappa shape index (κ2) is 8.33. The van der Waals surface area contributed by atoms with Crippen molar-refractivity contribution in [1.29, 1.82) is 5.26 Å². The zero-order valence-corrected chi connectivity index (χ0v) is 15.4. The third-order valence-electron chi connectivity index (χ3n) is 4.37. The van der Waals surface area contributed by atoms with Crippen molar-refractivity contribution in [3.63, 3.8) is 0 Å². The summed E-state index contributed by atoms with van der Waals surface area (Å²) in [6, 6.07) is 17.2. The van der Waals surface area contributed by atoms with Crippen LogP contribution in [0, 0.1) is 18.3 Å². The number of nitrogens with zero attached hydrogens (tertiary/aromatic N) is 2. The van der Waals surface area contributed by atoms with E-state index in [1.807, 2.05) is 50.2 Å². The molecule has 1 amide bonds. The topological polar surface area (TPSA) is 78.9 Å². The van der Waals surface area contributed by atoms with Crippen LogP contribution in [0.4, 0.5) is 0 Å². The van der Waals surface area contributed by atoms with Crippen LogP contribution in [-0.4, -0.2) is 10.9 Å². The Hall–Kier alpha value is -3.39. The molecule has 1 aromatic heterocycles. The fraction of sp³-hybridized carbons (Fsp3) is 0.227. The summed E-state index contributed by atoms with van der Waals surface area (Å²) in [5.41, 5.74) is 3.72. The van der Waals surface area contributed by atoms with E-state index in [4.69, 9.17) is 9.68 Å². The Morgan fingerprint density at radius 2 is 1.89 bits per heavy atom. The van der Waals surface area contributed by atoms with Crippen LogP contribution in [0.3, 0.4) is 0 Å². The standard InChI is InChI=1S/C22H21N3O2/c1-15-3-7-19(8-4-15)20-14-24-22(27-20)12-11-21(26)25-16(2)18-9-5-17(13-23)6-10-18/h3-10,14,16H,11-12H2,1-2H3,(H,25,26). The van der Waals surface area contributed by atoms with Gasteiger partial charge in [-0.2, -0.15) is 5.26 Å². The van der Waals surface area contributed by atoms with Crippen LogP contribution in [0.1, 0.15) is 42.0 Å². The van der Waals surface area contributed by atoms with Gasteiger partial charge in [-0.1, -0.05) is 42.0 Å². The molecule has 0 saturated heterocycles. The summed E-state index contributed by atoms with van der Waals surface area (Å²) in [6.45, 7) is 3.95. The number of amides is 1. The normalized spacial score (nSPS) is 11.6. The minimum atomic E-state index is -0.127. The number of oxazole rings is 1. The molecule has 5 heteroatoms. The lowest BCUT2D eigenvalue weighted by Gasteiger charge is -2.14. The maximum absolute atomic E-state index is 12.2. The van der Waals surface area contributed by atoms with E-state index < -0.39 is 0 Å². The van der Waals surface area contributed by atoms with E-state index in [0.717, 1.165) is 11.1 Å². The molecule has 3 aromatic rings. The highest BCUT2D eigenvalue weighted by molar-refractivity contribution is 5.76. The van der Waals surface area contributed by atoms with Crippen LogP contribution >= 0.6 is 0 Å². The lowest BCUT2D eigenvalue weighted by atomic mass is 10.1. The Labute approximate surface area is 158 Å². The molecule has 0 saturated carbocycles. The number of rotatable bonds is 6. The fourth-order valence-electron chi connectivity index (χ4n) is 2.74. The molecular formula is C22H21N3O2. The van der Waals surface area contributed by atoms with E-state index in [1.165, 1.54) is 5.56 Å². The summed E-state index contributed by atoms with van der Waals surface area (Å²) in [4.78, 5) is 16.5. The van der Waals surface area contributed by atoms with Crippen molar-refractivity contribution < 1.29 is 9.21 Å². The van der Waals surface area contributed by atoms with Gasteiger partial charge in [-0.3, -0.25) is 4.79 Å². The van der Waals surface area contributed by atoms with Gasteiger partial charge in [-0.05, 0) is 31.5 Å². The summed E-state index contributed by atoms with van der Waals surface area (Å²) < 4.78 is 5.75. The van der Waals surface area contributed by atoms with Crippen LogP contribution < -0.4 is 5.32 Å². The van der Waals surface area contributed by atoms with Gasteiger partial charge >= 0.3 is 0 Å². The predicted octanol–water partition coefficient (Wildman–Crippen LogP) is 4.33. The smallest absolute Gasteiger partial charge is 0.220 e. The quantitative estimate of drug-likeness (QED) is 0.710. The number of carbonyl (C=O) groups is 1. The SMILES string of the molecule is Cc1ccc(-c2cnc(CCC(=O)NC(C)c3ccc(C#N)cc3)o2)cc1. The molecule has 3 rings (SSSR count). The van der Waals surface area contributed by atoms with Crippen molar-refractivity contribution in [2.24, 2.45) is 0 Å². The third kappa shape index (κ3) is 4.83. The van der Waals surface area contributed by atoms with E-state index in [9.17, 15) is 4.79 Å². The number of nitrogens with one attached hydrogen (secondary N) is 1. The van der Waals surface area contributed by atoms with Gasteiger partial charge in [-0.25, -0.2) is 4.98 Å². The molecule has 0 fully saturated rings. The Kier molecular flexibility index (Phi) is 5.68. The molecule has 0 spiro atoms. The van der Waals surface area contributed by atoms with Gasteiger partial charge in [-0.15, -0.1) is 0 Å². The lowest BCUT2D eigenvalue weighted by molar-refractivity contribution is -0.121. The summed E-state index contributed by atoms with van der Waals surface area (Å²) >= 11 is 0. The number of aryl methyl sites for hydroxylation is 2. The molecule has 0 bridgehead atoms. The minimum absolute atomic E-state index is 0.0676. The van der Waals surface area contributed by atoms with E-state index >= 15 is 0 Å². The number of nitriles is 1. The fourth-order valence-corrected chi connectivity index (χ4v) is 2.74. The van der Waals surface area contributed by atoms with E-state index in [0.29, 0.717) is 30.1 Å². The molecule has 0 aliphatic heterocycles. The van der Waals surface area contributed by atoms with Gasteiger partial charge in [0.25, 0.3) is 0 Å². The van der Waals surface area contributed by atoms with Gasteiger partial charge in [0.2, 0.25) is 5.91 Å². The first-order valence-electron chi connectivity index (χ1n) is 8.86. The highest BCUT2D eigenvalue weighted by Gasteiger charge is 2.12. The molecule has 136 valence electrons. The molecule has 1 heterocycles. The monoisotopic (exact) mass is 359 g/mol. The highest BCUT2D eigenvalue weighted by atomic mass is 16.4. The Balaban J connectivity index is 1.53. The minimum Gasteiger partial charge on any atom is -0.441 e. The third-order valence-corrected chi connectivity index (χ3v) is 4.37. The Bertz CT molecular complexity index is 950. The summed E-state index contributed by atoms with van der Waals surface area (Å²) in [7, 11) is 0. The van der Waals surface area contributed by atoms with Crippen molar-refractivity contribution in [3.05, 3.63) is 77.3 Å². The molecule has 0 aliphatic rings. The van der Waals surface area contributed by atoms with Crippen molar-refractivity contribution in [2.45, 2.75) is 32.7 Å². The molecule has 27 heavy (non-hydrogen) atoms. The van der Waals surface area contributed by atoms with E-state index in [1.54, 1.807) is 18.3 Å². The maximum atomic E-state index is 12.2. The van der Waals surface area contributed by atoms with Crippen LogP contribution in [0.15, 0.2) is 59.1 Å². The number of aromatic nitrogens is 1. The largest absolute Gasteiger partial charge is 0.441 e. The molecular weight excluding hydrogens is 338 g/mol. The molecule has 1 atom stereocenters. The van der Waals surface area contributed by atoms with Gasteiger partial charge in [0.15, 0.2) is 11.7 Å². The summed E-state index contributed by atoms with van der Waals surface area (Å²) in [6.07, 6.45) is 2.43. The predicted molar refractivity (Wildman–Crippen MR) is 103 cm³/mol. The average molecular weight is 359 g/mol. The van der Waals surface area contributed by atoms with Crippen molar-refractivity contribution in [3.8, 4) is 17.4 Å². The lowest BCUT2D eigenvalue weighted by Crippen LogP contribution is -2.26. The zero-order chi connectivity index (χ0) is 19.2. The van der Waals surface area contributed by atoms with Gasteiger partial charge in [0.1, 0.15) is 0 Å². The number of hydrogen-bond acceptors (Lipinski definition) is 4. The van der Waals surface area contributed by atoms with Gasteiger partial charge < -0.3 is 9.73 Å². The first kappa shape index (κ1) is 18.4. The molecule has 1 unspecified atom stereocenters. The van der Waals surface area contributed by atoms with Crippen LogP contribution in [-0.2, 0) is 11.2 Å².